The molecule has 1 aromatic rings. The van der Waals surface area contributed by atoms with E-state index >= 15 is 0 Å². The van der Waals surface area contributed by atoms with Crippen LogP contribution in [0.1, 0.15) is 18.9 Å². The summed E-state index contributed by atoms with van der Waals surface area (Å²) in [7, 11) is 0. The van der Waals surface area contributed by atoms with Crippen LogP contribution in [0.4, 0.5) is 5.69 Å². The van der Waals surface area contributed by atoms with Crippen molar-refractivity contribution in [2.24, 2.45) is 5.73 Å². The Morgan fingerprint density at radius 1 is 1.46 bits per heavy atom. The number of anilines is 1. The van der Waals surface area contributed by atoms with Crippen LogP contribution in [0, 0.1) is 0 Å². The third kappa shape index (κ3) is 3.25. The van der Waals surface area contributed by atoms with E-state index in [4.69, 9.17) is 23.1 Å². The molecule has 0 bridgehead atoms. The average Bonchev–Trinajstić information content (AvgIpc) is 2.07. The molecule has 1 rings (SSSR count). The van der Waals surface area contributed by atoms with E-state index in [1.54, 1.807) is 0 Å². The van der Waals surface area contributed by atoms with Crippen molar-refractivity contribution in [2.45, 2.75) is 25.8 Å². The van der Waals surface area contributed by atoms with Gasteiger partial charge in [0.1, 0.15) is 0 Å². The van der Waals surface area contributed by atoms with Crippen molar-refractivity contribution < 1.29 is 0 Å². The van der Waals surface area contributed by atoms with Gasteiger partial charge in [-0.15, -0.1) is 0 Å². The lowest BCUT2D eigenvalue weighted by atomic mass is 10.1. The molecule has 2 nitrogen and oxygen atoms in total. The molecule has 13 heavy (non-hydrogen) atoms. The Morgan fingerprint density at radius 2 is 2.15 bits per heavy atom. The van der Waals surface area contributed by atoms with Gasteiger partial charge >= 0.3 is 0 Å². The van der Waals surface area contributed by atoms with Crippen LogP contribution in [0.25, 0.3) is 0 Å². The van der Waals surface area contributed by atoms with E-state index in [1.807, 2.05) is 25.1 Å². The van der Waals surface area contributed by atoms with Crippen molar-refractivity contribution in [3.05, 3.63) is 28.8 Å². The van der Waals surface area contributed by atoms with Gasteiger partial charge in [0.15, 0.2) is 0 Å². The molecule has 0 aliphatic carbocycles. The van der Waals surface area contributed by atoms with Crippen molar-refractivity contribution in [3.8, 4) is 0 Å². The van der Waals surface area contributed by atoms with Gasteiger partial charge in [-0.3, -0.25) is 0 Å². The van der Waals surface area contributed by atoms with Crippen molar-refractivity contribution in [2.75, 3.05) is 5.73 Å². The minimum atomic E-state index is 0.233. The first kappa shape index (κ1) is 10.4. The fourth-order valence-electron chi connectivity index (χ4n) is 1.14. The predicted octanol–water partition coefficient (Wildman–Crippen LogP) is 2.20. The van der Waals surface area contributed by atoms with Gasteiger partial charge in [-0.2, -0.15) is 0 Å². The second kappa shape index (κ2) is 4.49. The molecule has 0 heterocycles. The molecule has 3 heteroatoms. The summed E-state index contributed by atoms with van der Waals surface area (Å²) in [6.45, 7) is 2.00. The highest BCUT2D eigenvalue weighted by molar-refractivity contribution is 6.33. The number of nitrogen functional groups attached to an aromatic ring is 1. The minimum Gasteiger partial charge on any atom is -0.398 e. The molecular formula is C10H15ClN2. The Hall–Kier alpha value is -0.730. The van der Waals surface area contributed by atoms with Crippen LogP contribution in [0.3, 0.4) is 0 Å². The van der Waals surface area contributed by atoms with Gasteiger partial charge in [-0.25, -0.2) is 0 Å². The number of rotatable bonds is 3. The first-order valence-corrected chi connectivity index (χ1v) is 4.77. The zero-order chi connectivity index (χ0) is 9.84. The molecule has 0 saturated carbocycles. The maximum atomic E-state index is 5.79. The minimum absolute atomic E-state index is 0.233. The Labute approximate surface area is 83.9 Å². The molecule has 0 amide bonds. The predicted molar refractivity (Wildman–Crippen MR) is 57.8 cm³/mol. The Bertz CT molecular complexity index is 284. The van der Waals surface area contributed by atoms with E-state index in [-0.39, 0.29) is 6.04 Å². The number of benzene rings is 1. The number of halogens is 1. The molecule has 0 radical (unpaired) electrons. The smallest absolute Gasteiger partial charge is 0.0635 e. The summed E-state index contributed by atoms with van der Waals surface area (Å²) in [5, 5.41) is 0.615. The standard InChI is InChI=1S/C10H15ClN2/c1-7(12)2-3-8-4-5-9(11)10(13)6-8/h4-7H,2-3,12-13H2,1H3. The van der Waals surface area contributed by atoms with Crippen LogP contribution in [0.15, 0.2) is 18.2 Å². The average molecular weight is 199 g/mol. The summed E-state index contributed by atoms with van der Waals surface area (Å²) in [6, 6.07) is 5.95. The second-order valence-electron chi connectivity index (χ2n) is 3.37. The van der Waals surface area contributed by atoms with Gasteiger partial charge in [-0.1, -0.05) is 17.7 Å². The molecule has 0 aliphatic heterocycles. The number of hydrogen-bond acceptors (Lipinski definition) is 2. The van der Waals surface area contributed by atoms with E-state index in [1.165, 1.54) is 5.56 Å². The second-order valence-corrected chi connectivity index (χ2v) is 3.78. The third-order valence-corrected chi connectivity index (χ3v) is 2.29. The highest BCUT2D eigenvalue weighted by atomic mass is 35.5. The lowest BCUT2D eigenvalue weighted by molar-refractivity contribution is 0.666. The summed E-state index contributed by atoms with van der Waals surface area (Å²) in [4.78, 5) is 0. The molecule has 0 spiro atoms. The summed E-state index contributed by atoms with van der Waals surface area (Å²) >= 11 is 5.79. The number of nitrogens with two attached hydrogens (primary N) is 2. The molecule has 1 unspecified atom stereocenters. The molecule has 0 fully saturated rings. The molecule has 0 aliphatic rings. The summed E-state index contributed by atoms with van der Waals surface area (Å²) in [5.41, 5.74) is 13.2. The molecular weight excluding hydrogens is 184 g/mol. The number of aryl methyl sites for hydroxylation is 1. The van der Waals surface area contributed by atoms with Crippen LogP contribution in [0.5, 0.6) is 0 Å². The van der Waals surface area contributed by atoms with Crippen LogP contribution in [-0.4, -0.2) is 6.04 Å². The van der Waals surface area contributed by atoms with Gasteiger partial charge in [0.2, 0.25) is 0 Å². The van der Waals surface area contributed by atoms with Crippen molar-refractivity contribution in [3.63, 3.8) is 0 Å². The monoisotopic (exact) mass is 198 g/mol. The third-order valence-electron chi connectivity index (χ3n) is 1.95. The van der Waals surface area contributed by atoms with E-state index in [0.717, 1.165) is 12.8 Å². The van der Waals surface area contributed by atoms with E-state index in [9.17, 15) is 0 Å². The fraction of sp³-hybridized carbons (Fsp3) is 0.400. The first-order valence-electron chi connectivity index (χ1n) is 4.39. The van der Waals surface area contributed by atoms with Crippen molar-refractivity contribution in [1.82, 2.24) is 0 Å². The van der Waals surface area contributed by atoms with Gasteiger partial charge in [-0.05, 0) is 37.5 Å². The zero-order valence-electron chi connectivity index (χ0n) is 7.76. The Morgan fingerprint density at radius 3 is 2.69 bits per heavy atom. The van der Waals surface area contributed by atoms with Crippen molar-refractivity contribution >= 4 is 17.3 Å². The highest BCUT2D eigenvalue weighted by Crippen LogP contribution is 2.20. The molecule has 1 atom stereocenters. The van der Waals surface area contributed by atoms with Crippen molar-refractivity contribution in [1.29, 1.82) is 0 Å². The Balaban J connectivity index is 2.63. The fourth-order valence-corrected chi connectivity index (χ4v) is 1.26. The first-order chi connectivity index (χ1) is 6.09. The van der Waals surface area contributed by atoms with E-state index < -0.39 is 0 Å². The normalized spacial score (nSPS) is 12.8. The van der Waals surface area contributed by atoms with Gasteiger partial charge in [0.05, 0.1) is 10.7 Å². The van der Waals surface area contributed by atoms with Crippen LogP contribution in [0.2, 0.25) is 5.02 Å². The van der Waals surface area contributed by atoms with Gasteiger partial charge < -0.3 is 11.5 Å². The summed E-state index contributed by atoms with van der Waals surface area (Å²) in [6.07, 6.45) is 1.93. The number of hydrogen-bond donors (Lipinski definition) is 2. The van der Waals surface area contributed by atoms with Crippen LogP contribution >= 0.6 is 11.6 Å². The largest absolute Gasteiger partial charge is 0.398 e. The molecule has 0 aromatic heterocycles. The molecule has 1 aromatic carbocycles. The lowest BCUT2D eigenvalue weighted by Crippen LogP contribution is -2.15. The summed E-state index contributed by atoms with van der Waals surface area (Å²) < 4.78 is 0. The molecule has 72 valence electrons. The Kier molecular flexibility index (Phi) is 3.58. The van der Waals surface area contributed by atoms with E-state index in [2.05, 4.69) is 0 Å². The maximum absolute atomic E-state index is 5.79. The van der Waals surface area contributed by atoms with Crippen LogP contribution < -0.4 is 11.5 Å². The highest BCUT2D eigenvalue weighted by Gasteiger charge is 2.00. The topological polar surface area (TPSA) is 52.0 Å². The zero-order valence-corrected chi connectivity index (χ0v) is 8.51. The molecule has 4 N–H and O–H groups in total. The molecule has 0 saturated heterocycles. The van der Waals surface area contributed by atoms with Gasteiger partial charge in [0.25, 0.3) is 0 Å². The quantitative estimate of drug-likeness (QED) is 0.732. The van der Waals surface area contributed by atoms with E-state index in [0.29, 0.717) is 10.7 Å². The maximum Gasteiger partial charge on any atom is 0.0635 e. The van der Waals surface area contributed by atoms with Crippen LogP contribution in [-0.2, 0) is 6.42 Å². The SMILES string of the molecule is CC(N)CCc1ccc(Cl)c(N)c1. The van der Waals surface area contributed by atoms with Gasteiger partial charge in [0, 0.05) is 6.04 Å². The summed E-state index contributed by atoms with van der Waals surface area (Å²) in [5.74, 6) is 0. The lowest BCUT2D eigenvalue weighted by Gasteiger charge is -2.06.